The van der Waals surface area contributed by atoms with E-state index < -0.39 is 8.25 Å². The summed E-state index contributed by atoms with van der Waals surface area (Å²) < 4.78 is 20.4. The van der Waals surface area contributed by atoms with Gasteiger partial charge < -0.3 is 9.68 Å². The van der Waals surface area contributed by atoms with Crippen molar-refractivity contribution in [1.29, 1.82) is 0 Å². The van der Waals surface area contributed by atoms with Gasteiger partial charge in [0.05, 0.1) is 0 Å². The van der Waals surface area contributed by atoms with Gasteiger partial charge in [0, 0.05) is 18.4 Å². The maximum Gasteiger partial charge on any atom is 0.808 e. The van der Waals surface area contributed by atoms with Crippen LogP contribution in [0.4, 0.5) is 0 Å². The number of hydrogen-bond acceptors (Lipinski definition) is 7. The van der Waals surface area contributed by atoms with E-state index in [9.17, 15) is 4.57 Å². The molecule has 14 heavy (non-hydrogen) atoms. The lowest BCUT2D eigenvalue weighted by molar-refractivity contribution is 0.201. The zero-order valence-corrected chi connectivity index (χ0v) is 9.28. The first-order valence-corrected chi connectivity index (χ1v) is 4.68. The standard InChI is InChI=1S/C6H12N2O5P/c1-5(7-10-3)12-14(9)13-6(2)8-11-4/h1-4H3/q+1/b7-5+,8-6+. The van der Waals surface area contributed by atoms with Crippen LogP contribution < -0.4 is 0 Å². The molecule has 0 aliphatic carbocycles. The minimum absolute atomic E-state index is 0.0961. The lowest BCUT2D eigenvalue weighted by atomic mass is 10.8. The van der Waals surface area contributed by atoms with Crippen LogP contribution in [0, 0.1) is 0 Å². The molecule has 0 saturated carbocycles. The third-order valence-electron chi connectivity index (χ3n) is 0.853. The first kappa shape index (κ1) is 12.6. The van der Waals surface area contributed by atoms with Gasteiger partial charge in [-0.1, -0.05) is 0 Å². The molecule has 7 nitrogen and oxygen atoms in total. The SMILES string of the molecule is CO/N=C(\C)O[P+](=O)O/C(C)=N/OC. The van der Waals surface area contributed by atoms with Crippen molar-refractivity contribution in [3.63, 3.8) is 0 Å². The Morgan fingerprint density at radius 2 is 1.36 bits per heavy atom. The third kappa shape index (κ3) is 6.19. The minimum atomic E-state index is -2.35. The van der Waals surface area contributed by atoms with Gasteiger partial charge in [0.1, 0.15) is 14.2 Å². The van der Waals surface area contributed by atoms with E-state index in [2.05, 4.69) is 29.0 Å². The lowest BCUT2D eigenvalue weighted by Crippen LogP contribution is -1.98. The van der Waals surface area contributed by atoms with E-state index >= 15 is 0 Å². The normalized spacial score (nSPS) is 13.3. The van der Waals surface area contributed by atoms with E-state index in [0.717, 1.165) is 0 Å². The number of nitrogens with zero attached hydrogens (tertiary/aromatic N) is 2. The minimum Gasteiger partial charge on any atom is -0.396 e. The molecule has 0 aromatic carbocycles. The molecule has 0 atom stereocenters. The monoisotopic (exact) mass is 223 g/mol. The van der Waals surface area contributed by atoms with Gasteiger partial charge in [-0.25, -0.2) is 9.05 Å². The van der Waals surface area contributed by atoms with Crippen LogP contribution in [0.2, 0.25) is 0 Å². The van der Waals surface area contributed by atoms with E-state index in [0.29, 0.717) is 0 Å². The van der Waals surface area contributed by atoms with Gasteiger partial charge in [-0.3, -0.25) is 0 Å². The zero-order chi connectivity index (χ0) is 11.0. The second-order valence-corrected chi connectivity index (χ2v) is 2.80. The number of oxime groups is 2. The predicted molar refractivity (Wildman–Crippen MR) is 50.0 cm³/mol. The average molecular weight is 223 g/mol. The average Bonchev–Trinajstić information content (AvgIpc) is 2.03. The van der Waals surface area contributed by atoms with Crippen LogP contribution in [-0.2, 0) is 23.3 Å². The van der Waals surface area contributed by atoms with Gasteiger partial charge in [0.25, 0.3) is 11.8 Å². The Morgan fingerprint density at radius 1 is 1.00 bits per heavy atom. The van der Waals surface area contributed by atoms with E-state index in [1.807, 2.05) is 0 Å². The summed E-state index contributed by atoms with van der Waals surface area (Å²) in [5, 5.41) is 6.75. The summed E-state index contributed by atoms with van der Waals surface area (Å²) >= 11 is 0. The second-order valence-electron chi connectivity index (χ2n) is 1.99. The summed E-state index contributed by atoms with van der Waals surface area (Å²) in [7, 11) is 0.337. The molecule has 0 rings (SSSR count). The molecule has 0 spiro atoms. The molecule has 80 valence electrons. The molecule has 0 aliphatic heterocycles. The molecule has 0 heterocycles. The maximum absolute atomic E-state index is 11.0. The summed E-state index contributed by atoms with van der Waals surface area (Å²) in [4.78, 5) is 8.76. The van der Waals surface area contributed by atoms with Crippen LogP contribution in [0.15, 0.2) is 10.3 Å². The molecular weight excluding hydrogens is 211 g/mol. The lowest BCUT2D eigenvalue weighted by Gasteiger charge is -1.91. The first-order valence-electron chi connectivity index (χ1n) is 3.58. The van der Waals surface area contributed by atoms with Crippen LogP contribution in [-0.4, -0.2) is 26.0 Å². The van der Waals surface area contributed by atoms with Crippen LogP contribution in [0.5, 0.6) is 0 Å². The van der Waals surface area contributed by atoms with Gasteiger partial charge >= 0.3 is 8.25 Å². The van der Waals surface area contributed by atoms with E-state index in [1.165, 1.54) is 28.1 Å². The molecule has 0 saturated heterocycles. The highest BCUT2D eigenvalue weighted by atomic mass is 31.1. The second kappa shape index (κ2) is 7.08. The van der Waals surface area contributed by atoms with Crippen LogP contribution in [0.25, 0.3) is 0 Å². The molecule has 0 aliphatic rings. The Balaban J connectivity index is 3.99. The topological polar surface area (TPSA) is 78.7 Å². The Morgan fingerprint density at radius 3 is 1.64 bits per heavy atom. The molecule has 0 aromatic heterocycles. The highest BCUT2D eigenvalue weighted by Gasteiger charge is 2.25. The fourth-order valence-electron chi connectivity index (χ4n) is 0.525. The van der Waals surface area contributed by atoms with Crippen molar-refractivity contribution >= 4 is 20.1 Å². The first-order chi connectivity index (χ1) is 6.60. The van der Waals surface area contributed by atoms with Crippen molar-refractivity contribution in [2.75, 3.05) is 14.2 Å². The molecule has 0 radical (unpaired) electrons. The molecule has 0 amide bonds. The largest absolute Gasteiger partial charge is 0.808 e. The van der Waals surface area contributed by atoms with Crippen LogP contribution in [0.3, 0.4) is 0 Å². The zero-order valence-electron chi connectivity index (χ0n) is 8.38. The Labute approximate surface area is 82.6 Å². The molecule has 0 aromatic rings. The van der Waals surface area contributed by atoms with Crippen LogP contribution in [0.1, 0.15) is 13.8 Å². The summed E-state index contributed by atoms with van der Waals surface area (Å²) in [6.07, 6.45) is 0. The Bertz CT molecular complexity index is 229. The van der Waals surface area contributed by atoms with Crippen molar-refractivity contribution in [2.24, 2.45) is 10.3 Å². The predicted octanol–water partition coefficient (Wildman–Crippen LogP) is 1.64. The molecule has 0 fully saturated rings. The smallest absolute Gasteiger partial charge is 0.396 e. The Hall–Kier alpha value is -1.36. The maximum atomic E-state index is 11.0. The summed E-state index contributed by atoms with van der Waals surface area (Å²) in [6, 6.07) is 0. The van der Waals surface area contributed by atoms with Gasteiger partial charge in [-0.15, -0.1) is 0 Å². The van der Waals surface area contributed by atoms with Crippen LogP contribution >= 0.6 is 8.25 Å². The number of hydrogen-bond donors (Lipinski definition) is 0. The summed E-state index contributed by atoms with van der Waals surface area (Å²) in [6.45, 7) is 2.95. The molecule has 0 unspecified atom stereocenters. The van der Waals surface area contributed by atoms with Crippen molar-refractivity contribution in [3.8, 4) is 0 Å². The summed E-state index contributed by atoms with van der Waals surface area (Å²) in [5.74, 6) is 0.192. The highest BCUT2D eigenvalue weighted by Crippen LogP contribution is 2.24. The van der Waals surface area contributed by atoms with E-state index in [-0.39, 0.29) is 11.8 Å². The van der Waals surface area contributed by atoms with Gasteiger partial charge in [0.15, 0.2) is 0 Å². The Kier molecular flexibility index (Phi) is 6.39. The highest BCUT2D eigenvalue weighted by molar-refractivity contribution is 7.34. The third-order valence-corrected chi connectivity index (χ3v) is 1.68. The van der Waals surface area contributed by atoms with Gasteiger partial charge in [-0.05, 0) is 10.3 Å². The van der Waals surface area contributed by atoms with E-state index in [1.54, 1.807) is 0 Å². The molecule has 0 bridgehead atoms. The van der Waals surface area contributed by atoms with Crippen molar-refractivity contribution < 1.29 is 23.3 Å². The quantitative estimate of drug-likeness (QED) is 0.313. The van der Waals surface area contributed by atoms with Crippen molar-refractivity contribution in [3.05, 3.63) is 0 Å². The van der Waals surface area contributed by atoms with Gasteiger partial charge in [-0.2, -0.15) is 0 Å². The number of rotatable bonds is 4. The molecule has 0 N–H and O–H groups in total. The fourth-order valence-corrected chi connectivity index (χ4v) is 1.06. The van der Waals surface area contributed by atoms with Crippen molar-refractivity contribution in [1.82, 2.24) is 0 Å². The van der Waals surface area contributed by atoms with E-state index in [4.69, 9.17) is 0 Å². The molecule has 8 heteroatoms. The van der Waals surface area contributed by atoms with Gasteiger partial charge in [0.2, 0.25) is 0 Å². The summed E-state index contributed by atoms with van der Waals surface area (Å²) in [5.41, 5.74) is 0. The fraction of sp³-hybridized carbons (Fsp3) is 0.667. The van der Waals surface area contributed by atoms with Crippen molar-refractivity contribution in [2.45, 2.75) is 13.8 Å². The molecular formula is C6H12N2O5P+.